The van der Waals surface area contributed by atoms with Gasteiger partial charge >= 0.3 is 0 Å². The maximum absolute atomic E-state index is 4.27. The minimum Gasteiger partial charge on any atom is -0.257 e. The Balaban J connectivity index is 2.78. The first-order valence-electron chi connectivity index (χ1n) is 4.21. The van der Waals surface area contributed by atoms with Crippen LogP contribution < -0.4 is 0 Å². The number of aryl methyl sites for hydroxylation is 1. The maximum Gasteiger partial charge on any atom is 0.0836 e. The highest BCUT2D eigenvalue weighted by molar-refractivity contribution is 5.56. The van der Waals surface area contributed by atoms with Crippen LogP contribution in [-0.4, -0.2) is 9.97 Å². The van der Waals surface area contributed by atoms with E-state index in [-0.39, 0.29) is 0 Å². The first-order chi connectivity index (χ1) is 5.74. The Labute approximate surface area is 73.4 Å². The molecule has 2 heteroatoms. The molecule has 0 saturated heterocycles. The predicted octanol–water partition coefficient (Wildman–Crippen LogP) is 2.46. The van der Waals surface area contributed by atoms with Gasteiger partial charge in [0, 0.05) is 6.20 Å². The molecule has 0 aliphatic heterocycles. The van der Waals surface area contributed by atoms with Crippen molar-refractivity contribution in [2.75, 3.05) is 0 Å². The Hall–Kier alpha value is -1.18. The molecule has 0 atom stereocenters. The van der Waals surface area contributed by atoms with Gasteiger partial charge in [-0.3, -0.25) is 9.97 Å². The molecule has 64 valence electrons. The summed E-state index contributed by atoms with van der Waals surface area (Å²) < 4.78 is 0. The molecule has 0 fully saturated rings. The molecule has 12 heavy (non-hydrogen) atoms. The van der Waals surface area contributed by atoms with Gasteiger partial charge in [0.15, 0.2) is 0 Å². The summed E-state index contributed by atoms with van der Waals surface area (Å²) in [6, 6.07) is 0. The topological polar surface area (TPSA) is 25.8 Å². The molecule has 0 radical (unpaired) electrons. The second kappa shape index (κ2) is 4.00. The lowest BCUT2D eigenvalue weighted by molar-refractivity contribution is 0.868. The smallest absolute Gasteiger partial charge is 0.0836 e. The van der Waals surface area contributed by atoms with Crippen molar-refractivity contribution >= 4 is 5.57 Å². The van der Waals surface area contributed by atoms with Crippen LogP contribution in [0.15, 0.2) is 19.0 Å². The standard InChI is InChI=1S/C10H14N2/c1-4-5-9-6-12-10(7-11-9)8(2)3/h6-7H,2,4-5H2,1,3H3. The lowest BCUT2D eigenvalue weighted by Gasteiger charge is -1.99. The zero-order chi connectivity index (χ0) is 8.97. The molecular weight excluding hydrogens is 148 g/mol. The van der Waals surface area contributed by atoms with Crippen LogP contribution >= 0.6 is 0 Å². The van der Waals surface area contributed by atoms with Crippen LogP contribution in [0.5, 0.6) is 0 Å². The fraction of sp³-hybridized carbons (Fsp3) is 0.400. The van der Waals surface area contributed by atoms with Crippen molar-refractivity contribution < 1.29 is 0 Å². The van der Waals surface area contributed by atoms with Crippen molar-refractivity contribution in [3.63, 3.8) is 0 Å². The van der Waals surface area contributed by atoms with Gasteiger partial charge in [0.1, 0.15) is 0 Å². The summed E-state index contributed by atoms with van der Waals surface area (Å²) in [5.74, 6) is 0. The van der Waals surface area contributed by atoms with E-state index in [9.17, 15) is 0 Å². The summed E-state index contributed by atoms with van der Waals surface area (Å²) >= 11 is 0. The fourth-order valence-electron chi connectivity index (χ4n) is 0.960. The molecule has 0 aromatic carbocycles. The average Bonchev–Trinajstić information content (AvgIpc) is 2.06. The molecule has 0 spiro atoms. The molecule has 0 aliphatic rings. The molecular formula is C10H14N2. The Bertz CT molecular complexity index is 262. The van der Waals surface area contributed by atoms with E-state index in [4.69, 9.17) is 0 Å². The van der Waals surface area contributed by atoms with E-state index in [0.29, 0.717) is 0 Å². The lowest BCUT2D eigenvalue weighted by atomic mass is 10.2. The van der Waals surface area contributed by atoms with Crippen LogP contribution in [0.25, 0.3) is 5.57 Å². The molecule has 0 bridgehead atoms. The molecule has 0 saturated carbocycles. The first-order valence-corrected chi connectivity index (χ1v) is 4.21. The molecule has 0 unspecified atom stereocenters. The van der Waals surface area contributed by atoms with Gasteiger partial charge in [0.2, 0.25) is 0 Å². The molecule has 0 aliphatic carbocycles. The minimum atomic E-state index is 0.884. The highest BCUT2D eigenvalue weighted by atomic mass is 14.8. The van der Waals surface area contributed by atoms with Crippen LogP contribution in [0.1, 0.15) is 31.7 Å². The maximum atomic E-state index is 4.27. The van der Waals surface area contributed by atoms with Gasteiger partial charge in [-0.2, -0.15) is 0 Å². The Morgan fingerprint density at radius 1 is 1.42 bits per heavy atom. The summed E-state index contributed by atoms with van der Waals surface area (Å²) in [4.78, 5) is 8.50. The third kappa shape index (κ3) is 2.16. The number of rotatable bonds is 3. The Morgan fingerprint density at radius 2 is 2.17 bits per heavy atom. The Morgan fingerprint density at radius 3 is 2.58 bits per heavy atom. The summed E-state index contributed by atoms with van der Waals surface area (Å²) in [6.07, 6.45) is 5.73. The van der Waals surface area contributed by atoms with Crippen molar-refractivity contribution in [2.24, 2.45) is 0 Å². The normalized spacial score (nSPS) is 9.83. The molecule has 0 N–H and O–H groups in total. The first kappa shape index (κ1) is 8.91. The van der Waals surface area contributed by atoms with Gasteiger partial charge in [-0.1, -0.05) is 19.9 Å². The van der Waals surface area contributed by atoms with Gasteiger partial charge < -0.3 is 0 Å². The van der Waals surface area contributed by atoms with E-state index in [1.807, 2.05) is 13.1 Å². The van der Waals surface area contributed by atoms with Gasteiger partial charge in [-0.25, -0.2) is 0 Å². The fourth-order valence-corrected chi connectivity index (χ4v) is 0.960. The molecule has 1 aromatic rings. The van der Waals surface area contributed by atoms with Crippen molar-refractivity contribution in [3.8, 4) is 0 Å². The Kier molecular flexibility index (Phi) is 2.97. The van der Waals surface area contributed by atoms with E-state index >= 15 is 0 Å². The highest BCUT2D eigenvalue weighted by Crippen LogP contribution is 2.06. The molecule has 2 nitrogen and oxygen atoms in total. The van der Waals surface area contributed by atoms with Crippen LogP contribution in [0.3, 0.4) is 0 Å². The van der Waals surface area contributed by atoms with E-state index in [0.717, 1.165) is 29.8 Å². The third-order valence-electron chi connectivity index (χ3n) is 1.65. The zero-order valence-corrected chi connectivity index (χ0v) is 7.67. The number of hydrogen-bond acceptors (Lipinski definition) is 2. The largest absolute Gasteiger partial charge is 0.257 e. The summed E-state index contributed by atoms with van der Waals surface area (Å²) in [7, 11) is 0. The average molecular weight is 162 g/mol. The molecule has 1 aromatic heterocycles. The minimum absolute atomic E-state index is 0.884. The third-order valence-corrected chi connectivity index (χ3v) is 1.65. The van der Waals surface area contributed by atoms with Crippen molar-refractivity contribution in [3.05, 3.63) is 30.4 Å². The summed E-state index contributed by atoms with van der Waals surface area (Å²) in [5, 5.41) is 0. The van der Waals surface area contributed by atoms with Gasteiger partial charge in [0.05, 0.1) is 17.6 Å². The lowest BCUT2D eigenvalue weighted by Crippen LogP contribution is -1.93. The number of aromatic nitrogens is 2. The number of hydrogen-bond donors (Lipinski definition) is 0. The van der Waals surface area contributed by atoms with E-state index in [1.165, 1.54) is 0 Å². The zero-order valence-electron chi connectivity index (χ0n) is 7.67. The number of nitrogens with zero attached hydrogens (tertiary/aromatic N) is 2. The van der Waals surface area contributed by atoms with E-state index < -0.39 is 0 Å². The molecule has 1 heterocycles. The summed E-state index contributed by atoms with van der Waals surface area (Å²) in [6.45, 7) is 7.87. The van der Waals surface area contributed by atoms with Gasteiger partial charge in [-0.05, 0) is 18.9 Å². The van der Waals surface area contributed by atoms with Crippen LogP contribution in [0.4, 0.5) is 0 Å². The van der Waals surface area contributed by atoms with Crippen LogP contribution in [-0.2, 0) is 6.42 Å². The molecule has 1 rings (SSSR count). The predicted molar refractivity (Wildman–Crippen MR) is 50.7 cm³/mol. The summed E-state index contributed by atoms with van der Waals surface area (Å²) in [5.41, 5.74) is 2.91. The SMILES string of the molecule is C=C(C)c1cnc(CCC)cn1. The monoisotopic (exact) mass is 162 g/mol. The van der Waals surface area contributed by atoms with Crippen molar-refractivity contribution in [1.29, 1.82) is 0 Å². The number of allylic oxidation sites excluding steroid dienone is 1. The second-order valence-corrected chi connectivity index (χ2v) is 2.92. The van der Waals surface area contributed by atoms with Crippen LogP contribution in [0, 0.1) is 0 Å². The molecule has 0 amide bonds. The van der Waals surface area contributed by atoms with Gasteiger partial charge in [0.25, 0.3) is 0 Å². The van der Waals surface area contributed by atoms with E-state index in [1.54, 1.807) is 6.20 Å². The van der Waals surface area contributed by atoms with Crippen LogP contribution in [0.2, 0.25) is 0 Å². The van der Waals surface area contributed by atoms with E-state index in [2.05, 4.69) is 23.5 Å². The van der Waals surface area contributed by atoms with Crippen molar-refractivity contribution in [1.82, 2.24) is 9.97 Å². The van der Waals surface area contributed by atoms with Crippen molar-refractivity contribution in [2.45, 2.75) is 26.7 Å². The highest BCUT2D eigenvalue weighted by Gasteiger charge is 1.96. The second-order valence-electron chi connectivity index (χ2n) is 2.92. The quantitative estimate of drug-likeness (QED) is 0.682. The van der Waals surface area contributed by atoms with Gasteiger partial charge in [-0.15, -0.1) is 0 Å².